The monoisotopic (exact) mass is 432 g/mol. The van der Waals surface area contributed by atoms with Gasteiger partial charge in [-0.3, -0.25) is 14.9 Å². The number of hydrogen-bond acceptors (Lipinski definition) is 9. The Hall–Kier alpha value is -3.69. The Morgan fingerprint density at radius 3 is 2.39 bits per heavy atom. The standard InChI is InChI=1S/C17H18N2O6.C4H6O2/c1-10-14(17(21)25-4)15(13(9-18(10)2)16(20)24-3)11-6-5-7-12(8-11)19(22)23;5-4-2-1-3-6-4/h5-9,15H,1-4H3;1-3H2. The van der Waals surface area contributed by atoms with Crippen LogP contribution in [0.4, 0.5) is 5.69 Å². The predicted octanol–water partition coefficient (Wildman–Crippen LogP) is 2.45. The highest BCUT2D eigenvalue weighted by atomic mass is 16.6. The van der Waals surface area contributed by atoms with Gasteiger partial charge in [-0.2, -0.15) is 0 Å². The van der Waals surface area contributed by atoms with Gasteiger partial charge in [0, 0.05) is 37.5 Å². The largest absolute Gasteiger partial charge is 0.466 e. The maximum Gasteiger partial charge on any atom is 0.336 e. The molecular formula is C21H24N2O8. The molecule has 2 aliphatic heterocycles. The lowest BCUT2D eigenvalue weighted by molar-refractivity contribution is -0.384. The molecule has 0 saturated carbocycles. The molecule has 166 valence electrons. The lowest BCUT2D eigenvalue weighted by atomic mass is 9.81. The average Bonchev–Trinajstić information content (AvgIpc) is 3.25. The number of ether oxygens (including phenoxy) is 3. The summed E-state index contributed by atoms with van der Waals surface area (Å²) < 4.78 is 14.2. The number of hydrogen-bond donors (Lipinski definition) is 0. The fraction of sp³-hybridized carbons (Fsp3) is 0.381. The number of carbonyl (C=O) groups is 3. The molecule has 0 aliphatic carbocycles. The number of nitrogens with zero attached hydrogens (tertiary/aromatic N) is 2. The second kappa shape index (κ2) is 10.4. The number of carbonyl (C=O) groups excluding carboxylic acids is 3. The van der Waals surface area contributed by atoms with Gasteiger partial charge >= 0.3 is 17.9 Å². The Balaban J connectivity index is 0.000000488. The van der Waals surface area contributed by atoms with Crippen molar-refractivity contribution in [2.24, 2.45) is 0 Å². The van der Waals surface area contributed by atoms with Crippen LogP contribution >= 0.6 is 0 Å². The SMILES string of the molecule is COC(=O)C1=CN(C)C(C)=C(C(=O)OC)C1c1cccc([N+](=O)[O-])c1.O=C1CCCO1. The summed E-state index contributed by atoms with van der Waals surface area (Å²) in [6.07, 6.45) is 3.09. The van der Waals surface area contributed by atoms with Crippen molar-refractivity contribution < 1.29 is 33.5 Å². The minimum absolute atomic E-state index is 0.0463. The van der Waals surface area contributed by atoms with Gasteiger partial charge in [0.05, 0.1) is 42.8 Å². The Bertz CT molecular complexity index is 942. The minimum atomic E-state index is -0.823. The van der Waals surface area contributed by atoms with Crippen LogP contribution in [0.5, 0.6) is 0 Å². The first-order valence-electron chi connectivity index (χ1n) is 9.43. The van der Waals surface area contributed by atoms with E-state index in [4.69, 9.17) is 9.47 Å². The molecule has 2 heterocycles. The third kappa shape index (κ3) is 5.47. The molecule has 0 radical (unpaired) electrons. The van der Waals surface area contributed by atoms with Crippen molar-refractivity contribution >= 4 is 23.6 Å². The molecule has 1 aromatic rings. The molecule has 1 saturated heterocycles. The number of methoxy groups -OCH3 is 2. The molecule has 0 amide bonds. The van der Waals surface area contributed by atoms with Gasteiger partial charge < -0.3 is 19.1 Å². The molecule has 2 aliphatic rings. The van der Waals surface area contributed by atoms with Crippen LogP contribution in [0.2, 0.25) is 0 Å². The molecule has 10 heteroatoms. The summed E-state index contributed by atoms with van der Waals surface area (Å²) in [7, 11) is 4.16. The van der Waals surface area contributed by atoms with E-state index in [0.717, 1.165) is 6.42 Å². The zero-order valence-corrected chi connectivity index (χ0v) is 17.7. The molecule has 0 bridgehead atoms. The van der Waals surface area contributed by atoms with Crippen LogP contribution in [0.3, 0.4) is 0 Å². The number of benzene rings is 1. The normalized spacial score (nSPS) is 17.8. The van der Waals surface area contributed by atoms with Gasteiger partial charge in [-0.15, -0.1) is 0 Å². The quantitative estimate of drug-likeness (QED) is 0.305. The summed E-state index contributed by atoms with van der Waals surface area (Å²) in [5.41, 5.74) is 1.29. The molecule has 0 spiro atoms. The zero-order chi connectivity index (χ0) is 23.1. The van der Waals surface area contributed by atoms with E-state index < -0.39 is 22.8 Å². The third-order valence-electron chi connectivity index (χ3n) is 4.88. The Kier molecular flexibility index (Phi) is 7.89. The summed E-state index contributed by atoms with van der Waals surface area (Å²) in [6, 6.07) is 5.80. The molecule has 3 rings (SSSR count). The second-order valence-corrected chi connectivity index (χ2v) is 6.79. The number of nitro groups is 1. The van der Waals surface area contributed by atoms with Crippen LogP contribution in [0.25, 0.3) is 0 Å². The van der Waals surface area contributed by atoms with Crippen LogP contribution in [-0.2, 0) is 28.6 Å². The number of non-ortho nitro benzene ring substituents is 1. The number of rotatable bonds is 4. The fourth-order valence-electron chi connectivity index (χ4n) is 3.24. The summed E-state index contributed by atoms with van der Waals surface area (Å²) >= 11 is 0. The van der Waals surface area contributed by atoms with E-state index in [1.54, 1.807) is 31.1 Å². The molecule has 1 unspecified atom stereocenters. The van der Waals surface area contributed by atoms with E-state index in [1.807, 2.05) is 0 Å². The molecule has 10 nitrogen and oxygen atoms in total. The van der Waals surface area contributed by atoms with Gasteiger partial charge in [0.1, 0.15) is 0 Å². The molecule has 31 heavy (non-hydrogen) atoms. The van der Waals surface area contributed by atoms with E-state index in [0.29, 0.717) is 24.3 Å². The molecule has 1 fully saturated rings. The molecule has 1 aromatic carbocycles. The maximum absolute atomic E-state index is 12.4. The highest BCUT2D eigenvalue weighted by molar-refractivity contribution is 5.99. The lowest BCUT2D eigenvalue weighted by Gasteiger charge is -2.31. The summed E-state index contributed by atoms with van der Waals surface area (Å²) in [4.78, 5) is 46.8. The third-order valence-corrected chi connectivity index (χ3v) is 4.88. The zero-order valence-electron chi connectivity index (χ0n) is 17.7. The van der Waals surface area contributed by atoms with Crippen LogP contribution in [0.1, 0.15) is 31.2 Å². The van der Waals surface area contributed by atoms with Gasteiger partial charge in [0.15, 0.2) is 0 Å². The van der Waals surface area contributed by atoms with E-state index >= 15 is 0 Å². The minimum Gasteiger partial charge on any atom is -0.466 e. The van der Waals surface area contributed by atoms with Crippen LogP contribution in [0, 0.1) is 10.1 Å². The van der Waals surface area contributed by atoms with Gasteiger partial charge in [-0.25, -0.2) is 9.59 Å². The van der Waals surface area contributed by atoms with Crippen LogP contribution < -0.4 is 0 Å². The Labute approximate surface area is 179 Å². The smallest absolute Gasteiger partial charge is 0.336 e. The number of cyclic esters (lactones) is 1. The van der Waals surface area contributed by atoms with Crippen molar-refractivity contribution in [1.29, 1.82) is 0 Å². The summed E-state index contributed by atoms with van der Waals surface area (Å²) in [6.45, 7) is 2.35. The first-order chi connectivity index (χ1) is 14.7. The second-order valence-electron chi connectivity index (χ2n) is 6.79. The van der Waals surface area contributed by atoms with E-state index in [1.165, 1.54) is 32.4 Å². The molecule has 1 atom stereocenters. The van der Waals surface area contributed by atoms with Crippen molar-refractivity contribution in [1.82, 2.24) is 4.90 Å². The van der Waals surface area contributed by atoms with E-state index in [2.05, 4.69) is 4.74 Å². The van der Waals surface area contributed by atoms with Gasteiger partial charge in [-0.05, 0) is 18.9 Å². The Morgan fingerprint density at radius 1 is 1.23 bits per heavy atom. The van der Waals surface area contributed by atoms with Crippen molar-refractivity contribution in [3.8, 4) is 0 Å². The number of allylic oxidation sites excluding steroid dienone is 1. The van der Waals surface area contributed by atoms with Crippen molar-refractivity contribution in [3.05, 3.63) is 63.0 Å². The highest BCUT2D eigenvalue weighted by Gasteiger charge is 2.37. The van der Waals surface area contributed by atoms with Crippen molar-refractivity contribution in [2.45, 2.75) is 25.7 Å². The fourth-order valence-corrected chi connectivity index (χ4v) is 3.24. The first-order valence-corrected chi connectivity index (χ1v) is 9.43. The number of esters is 3. The molecule has 0 N–H and O–H groups in total. The van der Waals surface area contributed by atoms with Crippen molar-refractivity contribution in [2.75, 3.05) is 27.9 Å². The highest BCUT2D eigenvalue weighted by Crippen LogP contribution is 2.40. The van der Waals surface area contributed by atoms with E-state index in [9.17, 15) is 24.5 Å². The molecule has 0 aromatic heterocycles. The first kappa shape index (κ1) is 23.6. The topological polar surface area (TPSA) is 125 Å². The van der Waals surface area contributed by atoms with Crippen molar-refractivity contribution in [3.63, 3.8) is 0 Å². The van der Waals surface area contributed by atoms with Gasteiger partial charge in [0.25, 0.3) is 5.69 Å². The summed E-state index contributed by atoms with van der Waals surface area (Å²) in [5, 5.41) is 11.1. The van der Waals surface area contributed by atoms with Gasteiger partial charge in [-0.1, -0.05) is 12.1 Å². The van der Waals surface area contributed by atoms with Gasteiger partial charge in [0.2, 0.25) is 0 Å². The number of nitro benzene ring substituents is 1. The van der Waals surface area contributed by atoms with Crippen LogP contribution in [0.15, 0.2) is 47.3 Å². The van der Waals surface area contributed by atoms with Crippen LogP contribution in [-0.4, -0.2) is 55.6 Å². The molecular weight excluding hydrogens is 408 g/mol. The predicted molar refractivity (Wildman–Crippen MR) is 109 cm³/mol. The maximum atomic E-state index is 12.4. The van der Waals surface area contributed by atoms with E-state index in [-0.39, 0.29) is 22.8 Å². The lowest BCUT2D eigenvalue weighted by Crippen LogP contribution is -2.30. The average molecular weight is 432 g/mol. The summed E-state index contributed by atoms with van der Waals surface area (Å²) in [5.74, 6) is -2.11. The Morgan fingerprint density at radius 2 is 1.90 bits per heavy atom.